The zero-order valence-corrected chi connectivity index (χ0v) is 7.00. The summed E-state index contributed by atoms with van der Waals surface area (Å²) in [6, 6.07) is 2.07. The lowest BCUT2D eigenvalue weighted by Crippen LogP contribution is -2.21. The highest BCUT2D eigenvalue weighted by Gasteiger charge is 2.12. The highest BCUT2D eigenvalue weighted by Crippen LogP contribution is 2.11. The third-order valence-corrected chi connectivity index (χ3v) is 1.45. The van der Waals surface area contributed by atoms with E-state index in [1.54, 1.807) is 0 Å². The number of nitrogens with zero attached hydrogens (tertiary/aromatic N) is 1. The van der Waals surface area contributed by atoms with Gasteiger partial charge in [-0.15, -0.1) is 0 Å². The van der Waals surface area contributed by atoms with Crippen molar-refractivity contribution in [2.75, 3.05) is 0 Å². The quantitative estimate of drug-likeness (QED) is 0.516. The molecule has 4 N–H and O–H groups in total. The van der Waals surface area contributed by atoms with E-state index in [2.05, 4.69) is 10.7 Å². The number of halogens is 2. The van der Waals surface area contributed by atoms with Gasteiger partial charge in [-0.2, -0.15) is 4.99 Å². The molecule has 1 aromatic rings. The monoisotopic (exact) mass is 199 g/mol. The predicted molar refractivity (Wildman–Crippen MR) is 46.7 cm³/mol. The number of nitrogens with two attached hydrogens (primary N) is 2. The molecule has 1 rings (SSSR count). The van der Waals surface area contributed by atoms with Crippen LogP contribution in [-0.4, -0.2) is 11.9 Å². The van der Waals surface area contributed by atoms with E-state index in [9.17, 15) is 13.6 Å². The molecule has 14 heavy (non-hydrogen) atoms. The lowest BCUT2D eigenvalue weighted by molar-refractivity contribution is 0.256. The molecule has 0 spiro atoms. The number of benzene rings is 1. The lowest BCUT2D eigenvalue weighted by Gasteiger charge is -2.02. The van der Waals surface area contributed by atoms with Gasteiger partial charge in [0.05, 0.1) is 5.56 Å². The third kappa shape index (κ3) is 2.03. The fourth-order valence-electron chi connectivity index (χ4n) is 0.917. The SMILES string of the molecule is NC(=O)/N=C(\N)c1c(F)cccc1F. The van der Waals surface area contributed by atoms with Crippen LogP contribution in [0.2, 0.25) is 0 Å². The smallest absolute Gasteiger partial charge is 0.340 e. The summed E-state index contributed by atoms with van der Waals surface area (Å²) in [5, 5.41) is 0. The van der Waals surface area contributed by atoms with Gasteiger partial charge in [0.25, 0.3) is 0 Å². The standard InChI is InChI=1S/C8H7F2N3O/c9-4-2-1-3-5(10)6(4)7(11)13-8(12)14/h1-3H,(H4,11,12,13,14). The molecule has 0 atom stereocenters. The minimum atomic E-state index is -1.11. The van der Waals surface area contributed by atoms with Gasteiger partial charge < -0.3 is 11.5 Å². The van der Waals surface area contributed by atoms with Gasteiger partial charge in [0.2, 0.25) is 0 Å². The molecule has 0 fully saturated rings. The largest absolute Gasteiger partial charge is 0.383 e. The predicted octanol–water partition coefficient (Wildman–Crippen LogP) is 0.749. The number of hydrogen-bond acceptors (Lipinski definition) is 1. The minimum absolute atomic E-state index is 0.550. The van der Waals surface area contributed by atoms with Crippen molar-refractivity contribution in [2.24, 2.45) is 16.5 Å². The maximum Gasteiger partial charge on any atom is 0.340 e. The molecule has 0 unspecified atom stereocenters. The highest BCUT2D eigenvalue weighted by atomic mass is 19.1. The third-order valence-electron chi connectivity index (χ3n) is 1.45. The van der Waals surface area contributed by atoms with Gasteiger partial charge in [-0.05, 0) is 12.1 Å². The Kier molecular flexibility index (Phi) is 2.76. The molecular weight excluding hydrogens is 192 g/mol. The van der Waals surface area contributed by atoms with Crippen molar-refractivity contribution >= 4 is 11.9 Å². The molecule has 0 aliphatic carbocycles. The maximum atomic E-state index is 13.0. The van der Waals surface area contributed by atoms with E-state index in [1.165, 1.54) is 6.07 Å². The number of carbonyl (C=O) groups is 1. The van der Waals surface area contributed by atoms with Gasteiger partial charge in [-0.25, -0.2) is 13.6 Å². The van der Waals surface area contributed by atoms with E-state index >= 15 is 0 Å². The van der Waals surface area contributed by atoms with Crippen molar-refractivity contribution in [3.8, 4) is 0 Å². The molecule has 0 saturated carbocycles. The summed E-state index contributed by atoms with van der Waals surface area (Å²) in [5.41, 5.74) is 9.30. The number of rotatable bonds is 1. The molecule has 0 aromatic heterocycles. The molecule has 1 aromatic carbocycles. The Hall–Kier alpha value is -1.98. The first-order valence-corrected chi connectivity index (χ1v) is 3.60. The fraction of sp³-hybridized carbons (Fsp3) is 0. The van der Waals surface area contributed by atoms with E-state index in [-0.39, 0.29) is 0 Å². The molecule has 0 heterocycles. The van der Waals surface area contributed by atoms with E-state index < -0.39 is 29.1 Å². The van der Waals surface area contributed by atoms with E-state index in [0.717, 1.165) is 12.1 Å². The van der Waals surface area contributed by atoms with Crippen molar-refractivity contribution in [1.82, 2.24) is 0 Å². The van der Waals surface area contributed by atoms with Gasteiger partial charge in [-0.1, -0.05) is 6.07 Å². The Bertz CT molecular complexity index is 383. The summed E-state index contributed by atoms with van der Waals surface area (Å²) in [7, 11) is 0. The van der Waals surface area contributed by atoms with Crippen LogP contribution in [0.15, 0.2) is 23.2 Å². The first-order valence-electron chi connectivity index (χ1n) is 3.60. The second kappa shape index (κ2) is 3.82. The van der Waals surface area contributed by atoms with E-state index in [4.69, 9.17) is 5.73 Å². The number of amidine groups is 1. The Labute approximate surface area is 78.2 Å². The van der Waals surface area contributed by atoms with Crippen molar-refractivity contribution < 1.29 is 13.6 Å². The zero-order chi connectivity index (χ0) is 10.7. The number of hydrogen-bond donors (Lipinski definition) is 2. The normalized spacial score (nSPS) is 11.4. The minimum Gasteiger partial charge on any atom is -0.383 e. The summed E-state index contributed by atoms with van der Waals surface area (Å²) in [6.07, 6.45) is 0. The van der Waals surface area contributed by atoms with Crippen LogP contribution in [0.4, 0.5) is 13.6 Å². The number of amides is 2. The first-order chi connectivity index (χ1) is 6.52. The van der Waals surface area contributed by atoms with Crippen LogP contribution in [0.5, 0.6) is 0 Å². The fourth-order valence-corrected chi connectivity index (χ4v) is 0.917. The summed E-state index contributed by atoms with van der Waals surface area (Å²) in [5.74, 6) is -2.37. The summed E-state index contributed by atoms with van der Waals surface area (Å²) >= 11 is 0. The first kappa shape index (κ1) is 10.1. The van der Waals surface area contributed by atoms with Crippen molar-refractivity contribution in [3.63, 3.8) is 0 Å². The number of aliphatic imine (C=N–C) groups is 1. The van der Waals surface area contributed by atoms with Crippen molar-refractivity contribution in [2.45, 2.75) is 0 Å². The van der Waals surface area contributed by atoms with Gasteiger partial charge in [0, 0.05) is 0 Å². The van der Waals surface area contributed by atoms with E-state index in [0.29, 0.717) is 0 Å². The number of carbonyl (C=O) groups excluding carboxylic acids is 1. The van der Waals surface area contributed by atoms with Gasteiger partial charge in [0.1, 0.15) is 17.5 Å². The lowest BCUT2D eigenvalue weighted by atomic mass is 10.2. The number of primary amides is 1. The topological polar surface area (TPSA) is 81.5 Å². The second-order valence-corrected chi connectivity index (χ2v) is 2.43. The summed E-state index contributed by atoms with van der Waals surface area (Å²) < 4.78 is 26.0. The molecule has 0 bridgehead atoms. The maximum absolute atomic E-state index is 13.0. The van der Waals surface area contributed by atoms with Gasteiger partial charge in [-0.3, -0.25) is 0 Å². The van der Waals surface area contributed by atoms with Crippen LogP contribution >= 0.6 is 0 Å². The second-order valence-electron chi connectivity index (χ2n) is 2.43. The van der Waals surface area contributed by atoms with Crippen LogP contribution in [-0.2, 0) is 0 Å². The Morgan fingerprint density at radius 3 is 2.14 bits per heavy atom. The molecule has 4 nitrogen and oxygen atoms in total. The van der Waals surface area contributed by atoms with E-state index in [1.807, 2.05) is 0 Å². The molecule has 0 aliphatic heterocycles. The molecule has 6 heteroatoms. The zero-order valence-electron chi connectivity index (χ0n) is 7.00. The molecule has 2 amide bonds. The Balaban J connectivity index is 3.25. The Morgan fingerprint density at radius 2 is 1.71 bits per heavy atom. The highest BCUT2D eigenvalue weighted by molar-refractivity contribution is 6.03. The van der Waals surface area contributed by atoms with Crippen LogP contribution in [0, 0.1) is 11.6 Å². The van der Waals surface area contributed by atoms with Crippen molar-refractivity contribution in [1.29, 1.82) is 0 Å². The van der Waals surface area contributed by atoms with Gasteiger partial charge >= 0.3 is 6.03 Å². The molecule has 0 aliphatic rings. The number of urea groups is 1. The Morgan fingerprint density at radius 1 is 1.21 bits per heavy atom. The summed E-state index contributed by atoms with van der Waals surface area (Å²) in [4.78, 5) is 13.3. The van der Waals surface area contributed by atoms with Crippen LogP contribution in [0.25, 0.3) is 0 Å². The van der Waals surface area contributed by atoms with Gasteiger partial charge in [0.15, 0.2) is 0 Å². The molecular formula is C8H7F2N3O. The average Bonchev–Trinajstić information content (AvgIpc) is 2.01. The molecule has 74 valence electrons. The average molecular weight is 199 g/mol. The molecule has 0 saturated heterocycles. The molecule has 0 radical (unpaired) electrons. The van der Waals surface area contributed by atoms with Crippen molar-refractivity contribution in [3.05, 3.63) is 35.4 Å². The summed E-state index contributed by atoms with van der Waals surface area (Å²) in [6.45, 7) is 0. The van der Waals surface area contributed by atoms with Crippen LogP contribution in [0.3, 0.4) is 0 Å². The van der Waals surface area contributed by atoms with Crippen LogP contribution in [0.1, 0.15) is 5.56 Å². The van der Waals surface area contributed by atoms with Crippen LogP contribution < -0.4 is 11.5 Å².